The molecule has 0 unspecified atom stereocenters. The van der Waals surface area contributed by atoms with E-state index in [0.29, 0.717) is 12.0 Å². The molecule has 1 fully saturated rings. The van der Waals surface area contributed by atoms with Crippen LogP contribution in [0.15, 0.2) is 18.5 Å². The number of rotatable bonds is 1. The van der Waals surface area contributed by atoms with Crippen LogP contribution in [0.3, 0.4) is 0 Å². The van der Waals surface area contributed by atoms with Gasteiger partial charge in [-0.25, -0.2) is 9.97 Å². The summed E-state index contributed by atoms with van der Waals surface area (Å²) < 4.78 is 2.48. The van der Waals surface area contributed by atoms with Crippen molar-refractivity contribution in [2.75, 3.05) is 0 Å². The number of aromatic nitrogens is 4. The molecule has 0 radical (unpaired) electrons. The average molecular weight is 282 g/mol. The maximum absolute atomic E-state index is 4.76. The molecule has 3 atom stereocenters. The first-order valence-corrected chi connectivity index (χ1v) is 7.95. The van der Waals surface area contributed by atoms with Crippen LogP contribution in [0.25, 0.3) is 22.1 Å². The van der Waals surface area contributed by atoms with Gasteiger partial charge in [-0.15, -0.1) is 0 Å². The second kappa shape index (κ2) is 4.58. The first-order chi connectivity index (χ1) is 10.1. The molecule has 0 bridgehead atoms. The minimum Gasteiger partial charge on any atom is -0.346 e. The first kappa shape index (κ1) is 12.9. The zero-order chi connectivity index (χ0) is 14.6. The molecular formula is C17H22N4. The van der Waals surface area contributed by atoms with E-state index in [1.54, 1.807) is 0 Å². The molecule has 4 nitrogen and oxygen atoms in total. The Balaban J connectivity index is 1.98. The molecule has 3 aromatic rings. The quantitative estimate of drug-likeness (QED) is 0.726. The first-order valence-electron chi connectivity index (χ1n) is 7.95. The summed E-state index contributed by atoms with van der Waals surface area (Å²) in [5.74, 6) is 2.62. The third kappa shape index (κ3) is 1.88. The normalized spacial score (nSPS) is 26.7. The summed E-state index contributed by atoms with van der Waals surface area (Å²) >= 11 is 0. The summed E-state index contributed by atoms with van der Waals surface area (Å²) in [6, 6.07) is 2.68. The summed E-state index contributed by atoms with van der Waals surface area (Å²) in [5.41, 5.74) is 3.23. The summed E-state index contributed by atoms with van der Waals surface area (Å²) in [6.07, 6.45) is 7.78. The van der Waals surface area contributed by atoms with E-state index in [1.807, 2.05) is 12.4 Å². The molecule has 1 saturated carbocycles. The molecule has 1 N–H and O–H groups in total. The molecule has 4 rings (SSSR count). The van der Waals surface area contributed by atoms with E-state index in [-0.39, 0.29) is 0 Å². The zero-order valence-electron chi connectivity index (χ0n) is 12.9. The Morgan fingerprint density at radius 2 is 2.14 bits per heavy atom. The predicted octanol–water partition coefficient (Wildman–Crippen LogP) is 4.22. The predicted molar refractivity (Wildman–Crippen MR) is 85.3 cm³/mol. The highest BCUT2D eigenvalue weighted by atomic mass is 15.1. The summed E-state index contributed by atoms with van der Waals surface area (Å²) in [7, 11) is 0. The second-order valence-electron chi connectivity index (χ2n) is 6.72. The Kier molecular flexibility index (Phi) is 2.81. The molecule has 0 amide bonds. The van der Waals surface area contributed by atoms with Gasteiger partial charge in [0.2, 0.25) is 0 Å². The van der Waals surface area contributed by atoms with Crippen molar-refractivity contribution in [3.63, 3.8) is 0 Å². The van der Waals surface area contributed by atoms with E-state index in [0.717, 1.165) is 22.9 Å². The number of fused-ring (bicyclic) bond motifs is 3. The Labute approximate surface area is 124 Å². The largest absolute Gasteiger partial charge is 0.346 e. The van der Waals surface area contributed by atoms with Crippen molar-refractivity contribution in [3.05, 3.63) is 24.3 Å². The van der Waals surface area contributed by atoms with Crippen LogP contribution in [-0.2, 0) is 0 Å². The van der Waals surface area contributed by atoms with Gasteiger partial charge in [0, 0.05) is 17.6 Å². The second-order valence-corrected chi connectivity index (χ2v) is 6.72. The molecule has 0 aromatic carbocycles. The molecule has 1 aliphatic rings. The Morgan fingerprint density at radius 3 is 3.00 bits per heavy atom. The average Bonchev–Trinajstić information content (AvgIpc) is 3.04. The Bertz CT molecular complexity index is 798. The highest BCUT2D eigenvalue weighted by Crippen LogP contribution is 2.40. The molecule has 110 valence electrons. The van der Waals surface area contributed by atoms with Crippen molar-refractivity contribution in [1.82, 2.24) is 19.5 Å². The number of hydrogen-bond donors (Lipinski definition) is 1. The van der Waals surface area contributed by atoms with Crippen LogP contribution in [0.5, 0.6) is 0 Å². The van der Waals surface area contributed by atoms with Crippen LogP contribution in [0.2, 0.25) is 0 Å². The van der Waals surface area contributed by atoms with Crippen LogP contribution in [0.4, 0.5) is 0 Å². The standard InChI is InChI=1S/C17H22N4/c1-10-4-5-11(2)15(8-10)21-12(3)20-14-9-19-17-13(16(14)21)6-7-18-17/h6-7,9-11,15H,4-5,8H2,1-3H3,(H,18,19)/t10-,11+,15-/m0/s1. The summed E-state index contributed by atoms with van der Waals surface area (Å²) in [5, 5.41) is 1.19. The minimum absolute atomic E-state index is 0.555. The van der Waals surface area contributed by atoms with Gasteiger partial charge in [0.25, 0.3) is 0 Å². The van der Waals surface area contributed by atoms with Gasteiger partial charge in [0.15, 0.2) is 0 Å². The van der Waals surface area contributed by atoms with Crippen molar-refractivity contribution in [1.29, 1.82) is 0 Å². The number of aryl methyl sites for hydroxylation is 1. The number of H-pyrrole nitrogens is 1. The molecule has 3 heterocycles. The maximum atomic E-state index is 4.76. The van der Waals surface area contributed by atoms with E-state index in [2.05, 4.69) is 41.4 Å². The van der Waals surface area contributed by atoms with Gasteiger partial charge in [0.1, 0.15) is 17.0 Å². The number of pyridine rings is 1. The zero-order valence-corrected chi connectivity index (χ0v) is 12.9. The lowest BCUT2D eigenvalue weighted by molar-refractivity contribution is 0.208. The summed E-state index contributed by atoms with van der Waals surface area (Å²) in [6.45, 7) is 6.89. The van der Waals surface area contributed by atoms with E-state index < -0.39 is 0 Å². The van der Waals surface area contributed by atoms with Crippen LogP contribution < -0.4 is 0 Å². The number of imidazole rings is 1. The molecule has 0 saturated heterocycles. The molecular weight excluding hydrogens is 260 g/mol. The monoisotopic (exact) mass is 282 g/mol. The van der Waals surface area contributed by atoms with Crippen LogP contribution in [-0.4, -0.2) is 19.5 Å². The molecule has 0 aliphatic heterocycles. The molecule has 1 aliphatic carbocycles. The van der Waals surface area contributed by atoms with Gasteiger partial charge < -0.3 is 9.55 Å². The SMILES string of the molecule is Cc1nc2cnc3[nH]ccc3c2n1[C@H]1C[C@@H](C)CC[C@H]1C. The van der Waals surface area contributed by atoms with Gasteiger partial charge in [-0.1, -0.05) is 20.3 Å². The number of nitrogens with zero attached hydrogens (tertiary/aromatic N) is 3. The van der Waals surface area contributed by atoms with Crippen LogP contribution >= 0.6 is 0 Å². The van der Waals surface area contributed by atoms with Crippen LogP contribution in [0.1, 0.15) is 45.0 Å². The van der Waals surface area contributed by atoms with E-state index in [9.17, 15) is 0 Å². The highest BCUT2D eigenvalue weighted by molar-refractivity contribution is 6.01. The number of hydrogen-bond acceptors (Lipinski definition) is 2. The van der Waals surface area contributed by atoms with E-state index in [4.69, 9.17) is 4.98 Å². The Morgan fingerprint density at radius 1 is 1.29 bits per heavy atom. The fourth-order valence-corrected chi connectivity index (χ4v) is 3.98. The van der Waals surface area contributed by atoms with Crippen molar-refractivity contribution in [3.8, 4) is 0 Å². The van der Waals surface area contributed by atoms with Gasteiger partial charge in [-0.2, -0.15) is 0 Å². The molecule has 3 aromatic heterocycles. The van der Waals surface area contributed by atoms with Crippen LogP contribution in [0, 0.1) is 18.8 Å². The smallest absolute Gasteiger partial charge is 0.139 e. The van der Waals surface area contributed by atoms with E-state index >= 15 is 0 Å². The third-order valence-electron chi connectivity index (χ3n) is 5.16. The lowest BCUT2D eigenvalue weighted by atomic mass is 9.80. The minimum atomic E-state index is 0.555. The van der Waals surface area contributed by atoms with Crippen molar-refractivity contribution >= 4 is 22.1 Å². The molecule has 21 heavy (non-hydrogen) atoms. The van der Waals surface area contributed by atoms with Gasteiger partial charge >= 0.3 is 0 Å². The van der Waals surface area contributed by atoms with Gasteiger partial charge in [-0.3, -0.25) is 0 Å². The van der Waals surface area contributed by atoms with Gasteiger partial charge in [0.05, 0.1) is 11.7 Å². The van der Waals surface area contributed by atoms with Crippen molar-refractivity contribution < 1.29 is 0 Å². The van der Waals surface area contributed by atoms with Crippen molar-refractivity contribution in [2.24, 2.45) is 11.8 Å². The fourth-order valence-electron chi connectivity index (χ4n) is 3.98. The number of aromatic amines is 1. The van der Waals surface area contributed by atoms with E-state index in [1.165, 1.54) is 30.2 Å². The topological polar surface area (TPSA) is 46.5 Å². The maximum Gasteiger partial charge on any atom is 0.139 e. The summed E-state index contributed by atoms with van der Waals surface area (Å²) in [4.78, 5) is 12.5. The lowest BCUT2D eigenvalue weighted by Gasteiger charge is -2.34. The Hall–Kier alpha value is -1.84. The highest BCUT2D eigenvalue weighted by Gasteiger charge is 2.29. The molecule has 0 spiro atoms. The van der Waals surface area contributed by atoms with Crippen molar-refractivity contribution in [2.45, 2.75) is 46.1 Å². The fraction of sp³-hybridized carbons (Fsp3) is 0.529. The van der Waals surface area contributed by atoms with Gasteiger partial charge in [-0.05, 0) is 37.7 Å². The third-order valence-corrected chi connectivity index (χ3v) is 5.16. The number of nitrogens with one attached hydrogen (secondary N) is 1. The lowest BCUT2D eigenvalue weighted by Crippen LogP contribution is -2.25. The molecule has 4 heteroatoms.